The lowest BCUT2D eigenvalue weighted by Gasteiger charge is -2.36. The van der Waals surface area contributed by atoms with E-state index >= 15 is 0 Å². The van der Waals surface area contributed by atoms with Crippen molar-refractivity contribution in [3.63, 3.8) is 0 Å². The molecular formula is C10H18N2O2. The van der Waals surface area contributed by atoms with Crippen LogP contribution in [0.4, 0.5) is 0 Å². The summed E-state index contributed by atoms with van der Waals surface area (Å²) in [6.07, 6.45) is 2.61. The summed E-state index contributed by atoms with van der Waals surface area (Å²) in [6.45, 7) is 3.21. The van der Waals surface area contributed by atoms with Crippen molar-refractivity contribution < 1.29 is 9.53 Å². The van der Waals surface area contributed by atoms with Crippen LogP contribution in [-0.4, -0.2) is 50.2 Å². The minimum Gasteiger partial charge on any atom is -0.366 e. The Bertz CT molecular complexity index is 214. The second-order valence-corrected chi connectivity index (χ2v) is 4.21. The maximum absolute atomic E-state index is 11.2. The monoisotopic (exact) mass is 198 g/mol. The lowest BCUT2D eigenvalue weighted by Crippen LogP contribution is -2.49. The third-order valence-electron chi connectivity index (χ3n) is 3.21. The lowest BCUT2D eigenvalue weighted by atomic mass is 9.91. The number of amides is 1. The third kappa shape index (κ3) is 2.07. The zero-order chi connectivity index (χ0) is 9.97. The number of hydrogen-bond acceptors (Lipinski definition) is 3. The van der Waals surface area contributed by atoms with Crippen molar-refractivity contribution in [1.82, 2.24) is 10.2 Å². The molecule has 0 spiro atoms. The molecule has 1 amide bonds. The normalized spacial score (nSPS) is 30.8. The Morgan fingerprint density at radius 3 is 2.79 bits per heavy atom. The Labute approximate surface area is 84.6 Å². The molecule has 2 rings (SSSR count). The lowest BCUT2D eigenvalue weighted by molar-refractivity contribution is -0.150. The van der Waals surface area contributed by atoms with Crippen LogP contribution < -0.4 is 5.32 Å². The molecule has 4 nitrogen and oxygen atoms in total. The van der Waals surface area contributed by atoms with E-state index in [1.807, 2.05) is 7.05 Å². The summed E-state index contributed by atoms with van der Waals surface area (Å²) in [5, 5.41) is 3.34. The van der Waals surface area contributed by atoms with Crippen LogP contribution >= 0.6 is 0 Å². The molecule has 14 heavy (non-hydrogen) atoms. The van der Waals surface area contributed by atoms with E-state index in [9.17, 15) is 4.79 Å². The van der Waals surface area contributed by atoms with Gasteiger partial charge in [0.05, 0.1) is 6.10 Å². The van der Waals surface area contributed by atoms with E-state index in [0.717, 1.165) is 19.6 Å². The molecule has 0 aliphatic carbocycles. The minimum atomic E-state index is 0.107. The van der Waals surface area contributed by atoms with Crippen LogP contribution in [0.2, 0.25) is 0 Å². The molecule has 0 bridgehead atoms. The Morgan fingerprint density at radius 2 is 2.14 bits per heavy atom. The van der Waals surface area contributed by atoms with Crippen molar-refractivity contribution in [3.05, 3.63) is 0 Å². The van der Waals surface area contributed by atoms with Crippen molar-refractivity contribution in [3.8, 4) is 0 Å². The first-order chi connectivity index (χ1) is 6.77. The van der Waals surface area contributed by atoms with Crippen LogP contribution in [0.25, 0.3) is 0 Å². The van der Waals surface area contributed by atoms with E-state index in [1.165, 1.54) is 12.8 Å². The first kappa shape index (κ1) is 9.93. The topological polar surface area (TPSA) is 41.6 Å². The molecule has 4 heteroatoms. The highest BCUT2D eigenvalue weighted by atomic mass is 16.5. The Morgan fingerprint density at radius 1 is 1.43 bits per heavy atom. The summed E-state index contributed by atoms with van der Waals surface area (Å²) in [6, 6.07) is 0. The fraction of sp³-hybridized carbons (Fsp3) is 0.900. The molecule has 0 unspecified atom stereocenters. The van der Waals surface area contributed by atoms with Crippen LogP contribution in [0.5, 0.6) is 0 Å². The zero-order valence-corrected chi connectivity index (χ0v) is 8.66. The van der Waals surface area contributed by atoms with Crippen molar-refractivity contribution in [2.75, 3.05) is 33.3 Å². The predicted molar refractivity (Wildman–Crippen MR) is 53.0 cm³/mol. The van der Waals surface area contributed by atoms with Gasteiger partial charge in [-0.3, -0.25) is 4.79 Å². The van der Waals surface area contributed by atoms with Crippen molar-refractivity contribution in [1.29, 1.82) is 0 Å². The summed E-state index contributed by atoms with van der Waals surface area (Å²) in [7, 11) is 1.86. The number of piperidine rings is 1. The average Bonchev–Trinajstić information content (AvgIpc) is 2.23. The molecule has 0 aromatic rings. The van der Waals surface area contributed by atoms with Gasteiger partial charge in [-0.1, -0.05) is 0 Å². The van der Waals surface area contributed by atoms with Gasteiger partial charge < -0.3 is 15.0 Å². The van der Waals surface area contributed by atoms with Gasteiger partial charge in [-0.25, -0.2) is 0 Å². The van der Waals surface area contributed by atoms with E-state index in [2.05, 4.69) is 5.32 Å². The maximum atomic E-state index is 11.2. The van der Waals surface area contributed by atoms with Crippen molar-refractivity contribution in [2.24, 2.45) is 5.92 Å². The second kappa shape index (κ2) is 4.28. The number of morpholine rings is 1. The van der Waals surface area contributed by atoms with Crippen LogP contribution in [0.3, 0.4) is 0 Å². The molecule has 0 radical (unpaired) electrons. The number of rotatable bonds is 1. The molecule has 1 atom stereocenters. The molecule has 0 aromatic heterocycles. The third-order valence-corrected chi connectivity index (χ3v) is 3.21. The van der Waals surface area contributed by atoms with E-state index < -0.39 is 0 Å². The molecule has 2 heterocycles. The van der Waals surface area contributed by atoms with Crippen LogP contribution in [0.1, 0.15) is 12.8 Å². The first-order valence-electron chi connectivity index (χ1n) is 5.33. The molecule has 80 valence electrons. The Hall–Kier alpha value is -0.610. The molecule has 2 saturated heterocycles. The van der Waals surface area contributed by atoms with Gasteiger partial charge in [0.15, 0.2) is 0 Å². The van der Waals surface area contributed by atoms with Gasteiger partial charge in [-0.05, 0) is 31.8 Å². The van der Waals surface area contributed by atoms with E-state index in [-0.39, 0.29) is 18.6 Å². The summed E-state index contributed by atoms with van der Waals surface area (Å²) in [5.74, 6) is 0.738. The van der Waals surface area contributed by atoms with Gasteiger partial charge >= 0.3 is 0 Å². The van der Waals surface area contributed by atoms with E-state index in [0.29, 0.717) is 5.92 Å². The number of carbonyl (C=O) groups excluding carboxylic acids is 1. The molecule has 2 fully saturated rings. The highest BCUT2D eigenvalue weighted by Crippen LogP contribution is 2.21. The molecular weight excluding hydrogens is 180 g/mol. The quantitative estimate of drug-likeness (QED) is 0.637. The van der Waals surface area contributed by atoms with E-state index in [1.54, 1.807) is 4.90 Å². The molecule has 2 aliphatic heterocycles. The summed E-state index contributed by atoms with van der Waals surface area (Å²) in [4.78, 5) is 13.0. The molecule has 0 saturated carbocycles. The fourth-order valence-corrected chi connectivity index (χ4v) is 2.21. The first-order valence-corrected chi connectivity index (χ1v) is 5.33. The number of likely N-dealkylation sites (N-methyl/N-ethyl adjacent to an activating group) is 1. The highest BCUT2D eigenvalue weighted by Gasteiger charge is 2.30. The number of nitrogens with zero attached hydrogens (tertiary/aromatic N) is 1. The number of ether oxygens (including phenoxy) is 1. The standard InChI is InChI=1S/C10H18N2O2/c1-12-6-9(14-7-10(12)13)8-2-4-11-5-3-8/h8-9,11H,2-7H2,1H3/t9-/m0/s1. The largest absolute Gasteiger partial charge is 0.366 e. The average molecular weight is 198 g/mol. The van der Waals surface area contributed by atoms with Crippen molar-refractivity contribution >= 4 is 5.91 Å². The SMILES string of the molecule is CN1C[C@@H](C2CCNCC2)OCC1=O. The summed E-state index contributed by atoms with van der Waals surface area (Å²) in [5.41, 5.74) is 0. The smallest absolute Gasteiger partial charge is 0.248 e. The molecule has 1 N–H and O–H groups in total. The van der Waals surface area contributed by atoms with Crippen molar-refractivity contribution in [2.45, 2.75) is 18.9 Å². The highest BCUT2D eigenvalue weighted by molar-refractivity contribution is 5.77. The zero-order valence-electron chi connectivity index (χ0n) is 8.66. The Balaban J connectivity index is 1.88. The molecule has 0 aromatic carbocycles. The maximum Gasteiger partial charge on any atom is 0.248 e. The number of hydrogen-bond donors (Lipinski definition) is 1. The van der Waals surface area contributed by atoms with Crippen LogP contribution in [0, 0.1) is 5.92 Å². The van der Waals surface area contributed by atoms with Crippen LogP contribution in [0.15, 0.2) is 0 Å². The van der Waals surface area contributed by atoms with E-state index in [4.69, 9.17) is 4.74 Å². The van der Waals surface area contributed by atoms with Gasteiger partial charge in [0, 0.05) is 13.6 Å². The number of nitrogens with one attached hydrogen (secondary N) is 1. The van der Waals surface area contributed by atoms with Crippen LogP contribution in [-0.2, 0) is 9.53 Å². The van der Waals surface area contributed by atoms with Gasteiger partial charge in [-0.15, -0.1) is 0 Å². The predicted octanol–water partition coefficient (Wildman–Crippen LogP) is -0.157. The van der Waals surface area contributed by atoms with Gasteiger partial charge in [0.2, 0.25) is 5.91 Å². The Kier molecular flexibility index (Phi) is 3.03. The number of carbonyl (C=O) groups is 1. The van der Waals surface area contributed by atoms with Gasteiger partial charge in [0.1, 0.15) is 6.61 Å². The van der Waals surface area contributed by atoms with Gasteiger partial charge in [0.25, 0.3) is 0 Å². The summed E-state index contributed by atoms with van der Waals surface area (Å²) < 4.78 is 5.58. The fourth-order valence-electron chi connectivity index (χ4n) is 2.21. The second-order valence-electron chi connectivity index (χ2n) is 4.21. The molecule has 2 aliphatic rings. The summed E-state index contributed by atoms with van der Waals surface area (Å²) >= 11 is 0. The minimum absolute atomic E-state index is 0.107. The van der Waals surface area contributed by atoms with Gasteiger partial charge in [-0.2, -0.15) is 0 Å².